The number of carbonyl (C=O) groups is 1. The van der Waals surface area contributed by atoms with Gasteiger partial charge in [-0.1, -0.05) is 48.0 Å². The summed E-state index contributed by atoms with van der Waals surface area (Å²) in [6.45, 7) is 2.09. The van der Waals surface area contributed by atoms with Crippen molar-refractivity contribution < 1.29 is 9.53 Å². The predicted octanol–water partition coefficient (Wildman–Crippen LogP) is 3.44. The Morgan fingerprint density at radius 2 is 1.95 bits per heavy atom. The van der Waals surface area contributed by atoms with Gasteiger partial charge >= 0.3 is 5.97 Å². The molecule has 110 valence electrons. The summed E-state index contributed by atoms with van der Waals surface area (Å²) in [6, 6.07) is 14.9. The summed E-state index contributed by atoms with van der Waals surface area (Å²) >= 11 is 6.07. The largest absolute Gasteiger partial charge is 0.465 e. The molecular formula is C17H18ClNO2. The van der Waals surface area contributed by atoms with E-state index >= 15 is 0 Å². The van der Waals surface area contributed by atoms with Gasteiger partial charge in [-0.3, -0.25) is 4.79 Å². The van der Waals surface area contributed by atoms with Crippen LogP contribution in [0.2, 0.25) is 5.02 Å². The van der Waals surface area contributed by atoms with Crippen molar-refractivity contribution in [2.45, 2.75) is 19.4 Å². The number of ether oxygens (including phenoxy) is 1. The Hall–Kier alpha value is -1.84. The SMILES string of the molecule is CCOC(=O)C(N)Cc1cc(Cl)ccc1-c1ccccc1. The molecule has 0 fully saturated rings. The fourth-order valence-corrected chi connectivity index (χ4v) is 2.39. The van der Waals surface area contributed by atoms with E-state index in [0.717, 1.165) is 16.7 Å². The van der Waals surface area contributed by atoms with Crippen LogP contribution in [0.4, 0.5) is 0 Å². The van der Waals surface area contributed by atoms with Crippen molar-refractivity contribution in [1.82, 2.24) is 0 Å². The zero-order valence-corrected chi connectivity index (χ0v) is 12.6. The number of nitrogens with two attached hydrogens (primary N) is 1. The summed E-state index contributed by atoms with van der Waals surface area (Å²) in [6.07, 6.45) is 0.392. The van der Waals surface area contributed by atoms with Crippen LogP contribution in [0.1, 0.15) is 12.5 Å². The fraction of sp³-hybridized carbons (Fsp3) is 0.235. The quantitative estimate of drug-likeness (QED) is 0.861. The van der Waals surface area contributed by atoms with Crippen molar-refractivity contribution in [2.24, 2.45) is 5.73 Å². The van der Waals surface area contributed by atoms with Gasteiger partial charge < -0.3 is 10.5 Å². The minimum Gasteiger partial charge on any atom is -0.465 e. The molecule has 0 aliphatic rings. The maximum absolute atomic E-state index is 11.7. The molecule has 0 radical (unpaired) electrons. The van der Waals surface area contributed by atoms with Gasteiger partial charge in [-0.2, -0.15) is 0 Å². The molecule has 4 heteroatoms. The van der Waals surface area contributed by atoms with Crippen molar-refractivity contribution in [2.75, 3.05) is 6.61 Å². The lowest BCUT2D eigenvalue weighted by Crippen LogP contribution is -2.34. The topological polar surface area (TPSA) is 52.3 Å². The Kier molecular flexibility index (Phi) is 5.37. The molecule has 2 aromatic rings. The third-order valence-electron chi connectivity index (χ3n) is 3.18. The molecule has 0 aromatic heterocycles. The molecule has 0 bridgehead atoms. The molecule has 2 N–H and O–H groups in total. The van der Waals surface area contributed by atoms with Gasteiger partial charge in [0.15, 0.2) is 0 Å². The molecule has 0 amide bonds. The second kappa shape index (κ2) is 7.25. The van der Waals surface area contributed by atoms with Crippen LogP contribution in [0.25, 0.3) is 11.1 Å². The van der Waals surface area contributed by atoms with Crippen molar-refractivity contribution in [1.29, 1.82) is 0 Å². The minimum absolute atomic E-state index is 0.327. The summed E-state index contributed by atoms with van der Waals surface area (Å²) in [5.41, 5.74) is 8.95. The highest BCUT2D eigenvalue weighted by Gasteiger charge is 2.17. The Bertz CT molecular complexity index is 613. The summed E-state index contributed by atoms with van der Waals surface area (Å²) in [5.74, 6) is -0.392. The number of benzene rings is 2. The first-order chi connectivity index (χ1) is 10.1. The second-order valence-corrected chi connectivity index (χ2v) is 5.17. The normalized spacial score (nSPS) is 12.0. The van der Waals surface area contributed by atoms with Crippen LogP contribution in [0.3, 0.4) is 0 Å². The van der Waals surface area contributed by atoms with E-state index in [1.54, 1.807) is 6.92 Å². The highest BCUT2D eigenvalue weighted by molar-refractivity contribution is 6.30. The van der Waals surface area contributed by atoms with Crippen molar-refractivity contribution >= 4 is 17.6 Å². The van der Waals surface area contributed by atoms with Gasteiger partial charge in [0.25, 0.3) is 0 Å². The van der Waals surface area contributed by atoms with E-state index in [-0.39, 0.29) is 0 Å². The Morgan fingerprint density at radius 3 is 2.62 bits per heavy atom. The lowest BCUT2D eigenvalue weighted by atomic mass is 9.95. The second-order valence-electron chi connectivity index (χ2n) is 4.73. The van der Waals surface area contributed by atoms with Gasteiger partial charge in [-0.15, -0.1) is 0 Å². The van der Waals surface area contributed by atoms with Crippen LogP contribution < -0.4 is 5.73 Å². The molecule has 21 heavy (non-hydrogen) atoms. The number of halogens is 1. The number of rotatable bonds is 5. The van der Waals surface area contributed by atoms with Gasteiger partial charge in [0, 0.05) is 5.02 Å². The molecule has 0 saturated carbocycles. The average molecular weight is 304 g/mol. The summed E-state index contributed by atoms with van der Waals surface area (Å²) in [5, 5.41) is 0.626. The van der Waals surface area contributed by atoms with Gasteiger partial charge in [0.2, 0.25) is 0 Å². The first-order valence-electron chi connectivity index (χ1n) is 6.88. The van der Waals surface area contributed by atoms with Gasteiger partial charge in [-0.25, -0.2) is 0 Å². The van der Waals surface area contributed by atoms with Gasteiger partial charge in [0.1, 0.15) is 6.04 Å². The molecule has 1 atom stereocenters. The number of esters is 1. The van der Waals surface area contributed by atoms with Crippen LogP contribution in [0.5, 0.6) is 0 Å². The maximum Gasteiger partial charge on any atom is 0.323 e. The molecule has 0 aliphatic carbocycles. The van der Waals surface area contributed by atoms with Crippen LogP contribution in [-0.4, -0.2) is 18.6 Å². The van der Waals surface area contributed by atoms with Crippen LogP contribution in [-0.2, 0) is 16.0 Å². The molecule has 0 heterocycles. The average Bonchev–Trinajstić information content (AvgIpc) is 2.48. The Balaban J connectivity index is 2.30. The molecule has 0 spiro atoms. The van der Waals surface area contributed by atoms with E-state index in [4.69, 9.17) is 22.1 Å². The summed E-state index contributed by atoms with van der Waals surface area (Å²) < 4.78 is 4.95. The first-order valence-corrected chi connectivity index (χ1v) is 7.25. The molecule has 2 aromatic carbocycles. The van der Waals surface area contributed by atoms with E-state index in [9.17, 15) is 4.79 Å². The lowest BCUT2D eigenvalue weighted by molar-refractivity contribution is -0.144. The van der Waals surface area contributed by atoms with Crippen LogP contribution >= 0.6 is 11.6 Å². The molecular weight excluding hydrogens is 286 g/mol. The zero-order valence-electron chi connectivity index (χ0n) is 11.9. The third-order valence-corrected chi connectivity index (χ3v) is 3.42. The highest BCUT2D eigenvalue weighted by atomic mass is 35.5. The van der Waals surface area contributed by atoms with Crippen LogP contribution in [0, 0.1) is 0 Å². The van der Waals surface area contributed by atoms with Gasteiger partial charge in [-0.05, 0) is 42.2 Å². The van der Waals surface area contributed by atoms with Crippen molar-refractivity contribution in [3.05, 3.63) is 59.1 Å². The van der Waals surface area contributed by atoms with E-state index in [1.807, 2.05) is 48.5 Å². The molecule has 0 aliphatic heterocycles. The lowest BCUT2D eigenvalue weighted by Gasteiger charge is -2.14. The van der Waals surface area contributed by atoms with E-state index in [2.05, 4.69) is 0 Å². The molecule has 3 nitrogen and oxygen atoms in total. The van der Waals surface area contributed by atoms with E-state index in [1.165, 1.54) is 0 Å². The van der Waals surface area contributed by atoms with E-state index in [0.29, 0.717) is 18.1 Å². The van der Waals surface area contributed by atoms with Crippen LogP contribution in [0.15, 0.2) is 48.5 Å². The highest BCUT2D eigenvalue weighted by Crippen LogP contribution is 2.27. The summed E-state index contributed by atoms with van der Waals surface area (Å²) in [7, 11) is 0. The molecule has 1 unspecified atom stereocenters. The Morgan fingerprint density at radius 1 is 1.24 bits per heavy atom. The zero-order chi connectivity index (χ0) is 15.2. The third kappa shape index (κ3) is 4.06. The van der Waals surface area contributed by atoms with Crippen molar-refractivity contribution in [3.8, 4) is 11.1 Å². The first kappa shape index (κ1) is 15.5. The number of carbonyl (C=O) groups excluding carboxylic acids is 1. The molecule has 2 rings (SSSR count). The summed E-state index contributed by atoms with van der Waals surface area (Å²) in [4.78, 5) is 11.7. The van der Waals surface area contributed by atoms with Gasteiger partial charge in [0.05, 0.1) is 6.61 Å². The predicted molar refractivity (Wildman–Crippen MR) is 85.2 cm³/mol. The maximum atomic E-state index is 11.7. The Labute approximate surface area is 129 Å². The standard InChI is InChI=1S/C17H18ClNO2/c1-2-21-17(20)16(19)11-13-10-14(18)8-9-15(13)12-6-4-3-5-7-12/h3-10,16H,2,11,19H2,1H3. The number of hydrogen-bond acceptors (Lipinski definition) is 3. The van der Waals surface area contributed by atoms with E-state index < -0.39 is 12.0 Å². The fourth-order valence-electron chi connectivity index (χ4n) is 2.20. The smallest absolute Gasteiger partial charge is 0.323 e. The monoisotopic (exact) mass is 303 g/mol. The minimum atomic E-state index is -0.689. The molecule has 0 saturated heterocycles. The number of hydrogen-bond donors (Lipinski definition) is 1. The van der Waals surface area contributed by atoms with Crippen molar-refractivity contribution in [3.63, 3.8) is 0 Å².